The maximum Gasteiger partial charge on any atom is 0.107 e. The van der Waals surface area contributed by atoms with Crippen LogP contribution < -0.4 is 0 Å². The molecule has 0 radical (unpaired) electrons. The summed E-state index contributed by atoms with van der Waals surface area (Å²) < 4.78 is 0.754. The van der Waals surface area contributed by atoms with Crippen LogP contribution in [0, 0.1) is 16.7 Å². The Balaban J connectivity index is 3.72. The van der Waals surface area contributed by atoms with Crippen LogP contribution in [0.15, 0.2) is 0 Å². The highest BCUT2D eigenvalue weighted by Crippen LogP contribution is 2.33. The van der Waals surface area contributed by atoms with Gasteiger partial charge in [0.15, 0.2) is 0 Å². The molecule has 1 atom stereocenters. The molecule has 0 saturated carbocycles. The van der Waals surface area contributed by atoms with Crippen molar-refractivity contribution in [1.29, 1.82) is 5.26 Å². The van der Waals surface area contributed by atoms with Gasteiger partial charge in [-0.15, -0.1) is 11.8 Å². The number of hydrogen-bond donors (Lipinski definition) is 2. The average molecular weight is 390 g/mol. The van der Waals surface area contributed by atoms with Crippen molar-refractivity contribution in [1.82, 2.24) is 0 Å². The van der Waals surface area contributed by atoms with E-state index in [4.69, 9.17) is 17.3 Å². The highest BCUT2D eigenvalue weighted by atomic mass is 32.2. The summed E-state index contributed by atoms with van der Waals surface area (Å²) in [6.07, 6.45) is 14.5. The second kappa shape index (κ2) is 16.7. The molecule has 0 bridgehead atoms. The van der Waals surface area contributed by atoms with Crippen LogP contribution >= 0.6 is 36.6 Å². The molecule has 0 rings (SSSR count). The van der Waals surface area contributed by atoms with E-state index in [1.54, 1.807) is 11.8 Å². The Bertz CT molecular complexity index is 357. The van der Waals surface area contributed by atoms with Crippen molar-refractivity contribution in [3.8, 4) is 6.07 Å². The number of rotatable bonds is 16. The SMILES string of the molecule is CCCCCCCCCCCCSC(=S)C(C#N)(CS)CCCO. The Morgan fingerprint density at radius 1 is 1.04 bits per heavy atom. The quantitative estimate of drug-likeness (QED) is 0.188. The Labute approximate surface area is 164 Å². The average Bonchev–Trinajstić information content (AvgIpc) is 2.61. The van der Waals surface area contributed by atoms with Crippen molar-refractivity contribution in [3.05, 3.63) is 0 Å². The summed E-state index contributed by atoms with van der Waals surface area (Å²) in [6, 6.07) is 2.34. The number of thioether (sulfide) groups is 1. The molecule has 0 aliphatic carbocycles. The highest BCUT2D eigenvalue weighted by Gasteiger charge is 2.33. The first kappa shape index (κ1) is 24.2. The first-order chi connectivity index (χ1) is 11.7. The van der Waals surface area contributed by atoms with Crippen molar-refractivity contribution in [2.75, 3.05) is 18.1 Å². The fourth-order valence-corrected chi connectivity index (χ4v) is 4.76. The number of unbranched alkanes of at least 4 members (excludes halogenated alkanes) is 9. The second-order valence-electron chi connectivity index (χ2n) is 6.50. The van der Waals surface area contributed by atoms with Crippen LogP contribution in [0.1, 0.15) is 84.0 Å². The van der Waals surface area contributed by atoms with Crippen LogP contribution in [0.4, 0.5) is 0 Å². The van der Waals surface area contributed by atoms with Crippen molar-refractivity contribution in [2.45, 2.75) is 84.0 Å². The molecule has 0 aromatic heterocycles. The highest BCUT2D eigenvalue weighted by molar-refractivity contribution is 8.23. The van der Waals surface area contributed by atoms with Crippen molar-refractivity contribution >= 4 is 40.8 Å². The van der Waals surface area contributed by atoms with E-state index in [1.807, 2.05) is 0 Å². The van der Waals surface area contributed by atoms with Gasteiger partial charge in [-0.3, -0.25) is 0 Å². The number of hydrogen-bond acceptors (Lipinski definition) is 5. The van der Waals surface area contributed by atoms with Crippen molar-refractivity contribution < 1.29 is 5.11 Å². The predicted octanol–water partition coefficient (Wildman–Crippen LogP) is 6.18. The smallest absolute Gasteiger partial charge is 0.107 e. The first-order valence-electron chi connectivity index (χ1n) is 9.47. The molecule has 140 valence electrons. The second-order valence-corrected chi connectivity index (χ2v) is 8.59. The summed E-state index contributed by atoms with van der Waals surface area (Å²) in [7, 11) is 0. The van der Waals surface area contributed by atoms with Gasteiger partial charge in [0.2, 0.25) is 0 Å². The molecule has 0 aromatic carbocycles. The van der Waals surface area contributed by atoms with Crippen molar-refractivity contribution in [3.63, 3.8) is 0 Å². The molecule has 5 heteroatoms. The molecule has 0 spiro atoms. The van der Waals surface area contributed by atoms with Gasteiger partial charge in [0, 0.05) is 12.4 Å². The zero-order chi connectivity index (χ0) is 18.1. The topological polar surface area (TPSA) is 44.0 Å². The maximum atomic E-state index is 9.47. The van der Waals surface area contributed by atoms with E-state index < -0.39 is 5.41 Å². The van der Waals surface area contributed by atoms with Gasteiger partial charge in [0.05, 0.1) is 10.3 Å². The lowest BCUT2D eigenvalue weighted by Gasteiger charge is -2.24. The Kier molecular flexibility index (Phi) is 16.9. The van der Waals surface area contributed by atoms with Crippen molar-refractivity contribution in [2.24, 2.45) is 5.41 Å². The van der Waals surface area contributed by atoms with E-state index in [2.05, 4.69) is 25.6 Å². The van der Waals surface area contributed by atoms with Gasteiger partial charge in [0.1, 0.15) is 5.41 Å². The number of thiol groups is 1. The van der Waals surface area contributed by atoms with Gasteiger partial charge < -0.3 is 5.11 Å². The minimum absolute atomic E-state index is 0.100. The molecule has 0 amide bonds. The van der Waals surface area contributed by atoms with Gasteiger partial charge in [0.25, 0.3) is 0 Å². The molecule has 0 aliphatic heterocycles. The Hall–Kier alpha value is 0.240. The predicted molar refractivity (Wildman–Crippen MR) is 115 cm³/mol. The normalized spacial score (nSPS) is 13.4. The summed E-state index contributed by atoms with van der Waals surface area (Å²) >= 11 is 11.4. The first-order valence-corrected chi connectivity index (χ1v) is 11.5. The van der Waals surface area contributed by atoms with Crippen LogP contribution in [-0.4, -0.2) is 27.4 Å². The van der Waals surface area contributed by atoms with Gasteiger partial charge >= 0.3 is 0 Å². The number of thiocarbonyl (C=S) groups is 1. The Morgan fingerprint density at radius 2 is 1.58 bits per heavy atom. The maximum absolute atomic E-state index is 9.47. The molecule has 2 nitrogen and oxygen atoms in total. The third-order valence-corrected chi connectivity index (χ3v) is 6.80. The monoisotopic (exact) mass is 389 g/mol. The van der Waals surface area contributed by atoms with E-state index in [0.29, 0.717) is 18.6 Å². The third kappa shape index (κ3) is 11.0. The molecular weight excluding hydrogens is 354 g/mol. The van der Waals surface area contributed by atoms with Crippen LogP contribution in [0.2, 0.25) is 0 Å². The van der Waals surface area contributed by atoms with E-state index in [0.717, 1.165) is 16.4 Å². The van der Waals surface area contributed by atoms with Crippen LogP contribution in [-0.2, 0) is 0 Å². The summed E-state index contributed by atoms with van der Waals surface area (Å²) in [4.78, 5) is 0. The molecule has 24 heavy (non-hydrogen) atoms. The fraction of sp³-hybridized carbons (Fsp3) is 0.895. The molecule has 0 fully saturated rings. The third-order valence-electron chi connectivity index (χ3n) is 4.37. The number of nitriles is 1. The minimum Gasteiger partial charge on any atom is -0.396 e. The van der Waals surface area contributed by atoms with E-state index in [1.165, 1.54) is 57.8 Å². The fourth-order valence-electron chi connectivity index (χ4n) is 2.66. The lowest BCUT2D eigenvalue weighted by Crippen LogP contribution is -2.29. The lowest BCUT2D eigenvalue weighted by atomic mass is 9.89. The molecule has 1 unspecified atom stereocenters. The van der Waals surface area contributed by atoms with Gasteiger partial charge in [-0.1, -0.05) is 76.9 Å². The number of aliphatic hydroxyl groups excluding tert-OH is 1. The molecule has 0 aromatic rings. The minimum atomic E-state index is -0.662. The zero-order valence-corrected chi connectivity index (χ0v) is 17.8. The summed E-state index contributed by atoms with van der Waals surface area (Å²) in [5.41, 5.74) is -0.662. The number of nitrogens with zero attached hydrogens (tertiary/aromatic N) is 1. The van der Waals surface area contributed by atoms with Crippen LogP contribution in [0.3, 0.4) is 0 Å². The molecule has 0 saturated heterocycles. The number of aliphatic hydroxyl groups is 1. The van der Waals surface area contributed by atoms with Crippen LogP contribution in [0.5, 0.6) is 0 Å². The van der Waals surface area contributed by atoms with Gasteiger partial charge in [-0.05, 0) is 25.0 Å². The molecule has 0 heterocycles. The largest absolute Gasteiger partial charge is 0.396 e. The standard InChI is InChI=1S/C19H35NOS3/c1-2-3-4-5-6-7-8-9-10-11-15-24-18(23)19(16-20,17-22)13-12-14-21/h21-22H,2-15,17H2,1H3. The summed E-state index contributed by atoms with van der Waals surface area (Å²) in [5.74, 6) is 1.43. The van der Waals surface area contributed by atoms with E-state index in [-0.39, 0.29) is 6.61 Å². The molecule has 1 N–H and O–H groups in total. The lowest BCUT2D eigenvalue weighted by molar-refractivity contribution is 0.275. The summed E-state index contributed by atoms with van der Waals surface area (Å²) in [5, 5.41) is 18.5. The van der Waals surface area contributed by atoms with Gasteiger partial charge in [-0.2, -0.15) is 17.9 Å². The molecular formula is C19H35NOS3. The van der Waals surface area contributed by atoms with E-state index >= 15 is 0 Å². The summed E-state index contributed by atoms with van der Waals surface area (Å²) in [6.45, 7) is 2.36. The van der Waals surface area contributed by atoms with Crippen LogP contribution in [0.25, 0.3) is 0 Å². The molecule has 0 aliphatic rings. The zero-order valence-electron chi connectivity index (χ0n) is 15.3. The Morgan fingerprint density at radius 3 is 2.04 bits per heavy atom. The van der Waals surface area contributed by atoms with Gasteiger partial charge in [-0.25, -0.2) is 0 Å². The van der Waals surface area contributed by atoms with E-state index in [9.17, 15) is 5.26 Å².